The number of aromatic nitrogens is 1. The lowest BCUT2D eigenvalue weighted by Gasteiger charge is -2.13. The second-order valence-corrected chi connectivity index (χ2v) is 6.20. The summed E-state index contributed by atoms with van der Waals surface area (Å²) in [4.78, 5) is 24.0. The minimum absolute atomic E-state index is 0.194. The molecule has 0 aliphatic heterocycles. The molecule has 1 aromatic heterocycles. The van der Waals surface area contributed by atoms with Crippen LogP contribution in [-0.4, -0.2) is 21.4 Å². The number of aliphatic carboxylic acids is 1. The molecule has 1 aromatic carbocycles. The van der Waals surface area contributed by atoms with Gasteiger partial charge in [-0.3, -0.25) is 9.59 Å². The molecule has 1 N–H and O–H groups in total. The van der Waals surface area contributed by atoms with Crippen LogP contribution in [0, 0.1) is 0 Å². The van der Waals surface area contributed by atoms with Gasteiger partial charge in [0.1, 0.15) is 5.69 Å². The zero-order valence-corrected chi connectivity index (χ0v) is 14.5. The average Bonchev–Trinajstić information content (AvgIpc) is 2.81. The topological polar surface area (TPSA) is 59.3 Å². The highest BCUT2D eigenvalue weighted by atomic mass is 79.9. The first-order chi connectivity index (χ1) is 10.4. The highest BCUT2D eigenvalue weighted by Crippen LogP contribution is 2.29. The molecule has 1 atom stereocenters. The van der Waals surface area contributed by atoms with Crippen LogP contribution in [0.5, 0.6) is 0 Å². The minimum Gasteiger partial charge on any atom is -0.481 e. The lowest BCUT2D eigenvalue weighted by molar-refractivity contribution is -0.138. The summed E-state index contributed by atoms with van der Waals surface area (Å²) in [5, 5.41) is 9.70. The van der Waals surface area contributed by atoms with E-state index in [-0.39, 0.29) is 5.78 Å². The maximum atomic E-state index is 12.7. The standard InChI is InChI=1S/C16H15BrClNO3/c1-3-19-13(9(2)16(21)22)8-12(17)14(19)15(20)10-5-4-6-11(18)7-10/h4-9H,3H2,1-2H3,(H,21,22). The Bertz CT molecular complexity index is 739. The zero-order chi connectivity index (χ0) is 16.4. The molecule has 2 aromatic rings. The number of carbonyl (C=O) groups excluding carboxylic acids is 1. The van der Waals surface area contributed by atoms with E-state index in [4.69, 9.17) is 11.6 Å². The van der Waals surface area contributed by atoms with Crippen molar-refractivity contribution in [2.45, 2.75) is 26.3 Å². The van der Waals surface area contributed by atoms with Gasteiger partial charge in [-0.05, 0) is 48.0 Å². The summed E-state index contributed by atoms with van der Waals surface area (Å²) in [5.41, 5.74) is 1.50. The van der Waals surface area contributed by atoms with Crippen molar-refractivity contribution in [3.8, 4) is 0 Å². The third-order valence-corrected chi connectivity index (χ3v) is 4.35. The number of carbonyl (C=O) groups is 2. The van der Waals surface area contributed by atoms with Gasteiger partial charge in [-0.1, -0.05) is 23.7 Å². The van der Waals surface area contributed by atoms with Crippen molar-refractivity contribution in [2.75, 3.05) is 0 Å². The number of ketones is 1. The van der Waals surface area contributed by atoms with Crippen molar-refractivity contribution in [2.24, 2.45) is 0 Å². The van der Waals surface area contributed by atoms with Gasteiger partial charge in [0.05, 0.1) is 5.92 Å². The molecule has 116 valence electrons. The molecule has 0 saturated heterocycles. The second kappa shape index (κ2) is 6.67. The predicted octanol–water partition coefficient (Wildman–Crippen LogP) is 4.34. The van der Waals surface area contributed by atoms with Crippen molar-refractivity contribution in [3.05, 3.63) is 56.8 Å². The first-order valence-corrected chi connectivity index (χ1v) is 7.95. The lowest BCUT2D eigenvalue weighted by Crippen LogP contribution is -2.16. The number of carboxylic acid groups (broad SMARTS) is 1. The summed E-state index contributed by atoms with van der Waals surface area (Å²) in [6.45, 7) is 3.98. The molecule has 0 radical (unpaired) electrons. The molecule has 2 rings (SSSR count). The fraction of sp³-hybridized carbons (Fsp3) is 0.250. The third kappa shape index (κ3) is 3.10. The van der Waals surface area contributed by atoms with Crippen LogP contribution in [0.3, 0.4) is 0 Å². The number of rotatable bonds is 5. The fourth-order valence-electron chi connectivity index (χ4n) is 2.36. The van der Waals surface area contributed by atoms with Crippen LogP contribution < -0.4 is 0 Å². The van der Waals surface area contributed by atoms with E-state index >= 15 is 0 Å². The smallest absolute Gasteiger partial charge is 0.312 e. The first kappa shape index (κ1) is 16.8. The molecule has 1 unspecified atom stereocenters. The molecular formula is C16H15BrClNO3. The summed E-state index contributed by atoms with van der Waals surface area (Å²) in [6.07, 6.45) is 0. The van der Waals surface area contributed by atoms with E-state index in [1.807, 2.05) is 6.92 Å². The monoisotopic (exact) mass is 383 g/mol. The molecule has 0 aliphatic rings. The Labute approximate surface area is 141 Å². The van der Waals surface area contributed by atoms with Crippen LogP contribution >= 0.6 is 27.5 Å². The quantitative estimate of drug-likeness (QED) is 0.780. The molecule has 0 aliphatic carbocycles. The average molecular weight is 385 g/mol. The van der Waals surface area contributed by atoms with Gasteiger partial charge in [-0.15, -0.1) is 0 Å². The van der Waals surface area contributed by atoms with Gasteiger partial charge in [0.15, 0.2) is 0 Å². The van der Waals surface area contributed by atoms with E-state index in [9.17, 15) is 14.7 Å². The molecular weight excluding hydrogens is 370 g/mol. The molecule has 0 bridgehead atoms. The lowest BCUT2D eigenvalue weighted by atomic mass is 10.1. The van der Waals surface area contributed by atoms with Crippen LogP contribution in [-0.2, 0) is 11.3 Å². The SMILES string of the molecule is CCn1c(C(C)C(=O)O)cc(Br)c1C(=O)c1cccc(Cl)c1. The summed E-state index contributed by atoms with van der Waals surface area (Å²) in [7, 11) is 0. The molecule has 6 heteroatoms. The molecule has 0 amide bonds. The molecule has 0 fully saturated rings. The summed E-state index contributed by atoms with van der Waals surface area (Å²) in [5.74, 6) is -1.82. The normalized spacial score (nSPS) is 12.2. The maximum Gasteiger partial charge on any atom is 0.312 e. The van der Waals surface area contributed by atoms with Gasteiger partial charge < -0.3 is 9.67 Å². The van der Waals surface area contributed by atoms with Gasteiger partial charge in [0.2, 0.25) is 5.78 Å². The Morgan fingerprint density at radius 1 is 1.36 bits per heavy atom. The number of benzene rings is 1. The van der Waals surface area contributed by atoms with Crippen molar-refractivity contribution in [3.63, 3.8) is 0 Å². The number of nitrogens with zero attached hydrogens (tertiary/aromatic N) is 1. The fourth-order valence-corrected chi connectivity index (χ4v) is 3.18. The number of hydrogen-bond donors (Lipinski definition) is 1. The molecule has 1 heterocycles. The van der Waals surface area contributed by atoms with Gasteiger partial charge in [0, 0.05) is 27.3 Å². The van der Waals surface area contributed by atoms with E-state index in [2.05, 4.69) is 15.9 Å². The molecule has 22 heavy (non-hydrogen) atoms. The van der Waals surface area contributed by atoms with Gasteiger partial charge >= 0.3 is 5.97 Å². The second-order valence-electron chi connectivity index (χ2n) is 4.91. The molecule has 4 nitrogen and oxygen atoms in total. The van der Waals surface area contributed by atoms with E-state index in [0.29, 0.717) is 33.0 Å². The Balaban J connectivity index is 2.56. The van der Waals surface area contributed by atoms with Gasteiger partial charge in [-0.2, -0.15) is 0 Å². The van der Waals surface area contributed by atoms with Crippen molar-refractivity contribution in [1.29, 1.82) is 0 Å². The Morgan fingerprint density at radius 3 is 2.59 bits per heavy atom. The van der Waals surface area contributed by atoms with E-state index < -0.39 is 11.9 Å². The zero-order valence-electron chi connectivity index (χ0n) is 12.1. The Hall–Kier alpha value is -1.59. The predicted molar refractivity (Wildman–Crippen MR) is 88.7 cm³/mol. The van der Waals surface area contributed by atoms with E-state index in [0.717, 1.165) is 0 Å². The Kier molecular flexibility index (Phi) is 5.08. The van der Waals surface area contributed by atoms with Crippen molar-refractivity contribution >= 4 is 39.3 Å². The minimum atomic E-state index is -0.929. The summed E-state index contributed by atoms with van der Waals surface area (Å²) < 4.78 is 2.31. The van der Waals surface area contributed by atoms with Gasteiger partial charge in [-0.25, -0.2) is 0 Å². The van der Waals surface area contributed by atoms with Crippen LogP contribution in [0.15, 0.2) is 34.8 Å². The van der Waals surface area contributed by atoms with Crippen LogP contribution in [0.25, 0.3) is 0 Å². The summed E-state index contributed by atoms with van der Waals surface area (Å²) >= 11 is 9.31. The van der Waals surface area contributed by atoms with Crippen molar-refractivity contribution < 1.29 is 14.7 Å². The largest absolute Gasteiger partial charge is 0.481 e. The first-order valence-electron chi connectivity index (χ1n) is 6.78. The van der Waals surface area contributed by atoms with Crippen LogP contribution in [0.1, 0.15) is 41.5 Å². The number of carboxylic acids is 1. The van der Waals surface area contributed by atoms with Crippen LogP contribution in [0.2, 0.25) is 5.02 Å². The third-order valence-electron chi connectivity index (χ3n) is 3.51. The number of halogens is 2. The Morgan fingerprint density at radius 2 is 2.05 bits per heavy atom. The molecule has 0 spiro atoms. The number of hydrogen-bond acceptors (Lipinski definition) is 2. The highest BCUT2D eigenvalue weighted by molar-refractivity contribution is 9.10. The van der Waals surface area contributed by atoms with E-state index in [1.165, 1.54) is 0 Å². The highest BCUT2D eigenvalue weighted by Gasteiger charge is 2.25. The van der Waals surface area contributed by atoms with Crippen molar-refractivity contribution in [1.82, 2.24) is 4.57 Å². The molecule has 0 saturated carbocycles. The maximum absolute atomic E-state index is 12.7. The summed E-state index contributed by atoms with van der Waals surface area (Å²) in [6, 6.07) is 8.39. The van der Waals surface area contributed by atoms with Gasteiger partial charge in [0.25, 0.3) is 0 Å². The van der Waals surface area contributed by atoms with E-state index in [1.54, 1.807) is 41.8 Å². The van der Waals surface area contributed by atoms with Crippen LogP contribution in [0.4, 0.5) is 0 Å².